The maximum absolute atomic E-state index is 12.1. The average molecular weight is 203 g/mol. The molecule has 1 aromatic rings. The third-order valence-electron chi connectivity index (χ3n) is 1.47. The van der Waals surface area contributed by atoms with Gasteiger partial charge in [0, 0.05) is 6.07 Å². The van der Waals surface area contributed by atoms with E-state index in [1.807, 2.05) is 0 Å². The van der Waals surface area contributed by atoms with Crippen LogP contribution in [0.4, 0.5) is 13.2 Å². The van der Waals surface area contributed by atoms with Crippen molar-refractivity contribution in [2.24, 2.45) is 0 Å². The van der Waals surface area contributed by atoms with Gasteiger partial charge in [0.2, 0.25) is 0 Å². The van der Waals surface area contributed by atoms with Gasteiger partial charge in [-0.1, -0.05) is 0 Å². The lowest BCUT2D eigenvalue weighted by Crippen LogP contribution is -2.07. The van der Waals surface area contributed by atoms with E-state index in [4.69, 9.17) is 4.74 Å². The summed E-state index contributed by atoms with van der Waals surface area (Å²) in [4.78, 5) is 0. The molecule has 0 N–H and O–H groups in total. The maximum atomic E-state index is 12.1. The summed E-state index contributed by atoms with van der Waals surface area (Å²) in [6.45, 7) is 3.59. The van der Waals surface area contributed by atoms with E-state index in [-0.39, 0.29) is 6.10 Å². The minimum atomic E-state index is -4.31. The van der Waals surface area contributed by atoms with Crippen LogP contribution in [0.25, 0.3) is 0 Å². The monoisotopic (exact) mass is 203 g/mol. The van der Waals surface area contributed by atoms with Crippen LogP contribution in [0.2, 0.25) is 0 Å². The molecule has 0 aliphatic rings. The van der Waals surface area contributed by atoms with Gasteiger partial charge in [-0.25, -0.2) is 0 Å². The summed E-state index contributed by atoms with van der Waals surface area (Å²) in [6, 6.07) is 5.57. The Kier molecular flexibility index (Phi) is 3.03. The molecule has 0 aliphatic heterocycles. The topological polar surface area (TPSA) is 9.23 Å². The lowest BCUT2D eigenvalue weighted by atomic mass is 10.2. The van der Waals surface area contributed by atoms with Gasteiger partial charge in [0.1, 0.15) is 5.75 Å². The fourth-order valence-corrected chi connectivity index (χ4v) is 0.914. The molecule has 4 heteroatoms. The zero-order valence-corrected chi connectivity index (χ0v) is 7.85. The Morgan fingerprint density at radius 1 is 1.29 bits per heavy atom. The van der Waals surface area contributed by atoms with Gasteiger partial charge in [0.15, 0.2) is 0 Å². The zero-order chi connectivity index (χ0) is 10.8. The van der Waals surface area contributed by atoms with Crippen LogP contribution in [0, 0.1) is 6.07 Å². The molecule has 1 nitrogen and oxygen atoms in total. The minimum absolute atomic E-state index is 0.0667. The number of hydrogen-bond acceptors (Lipinski definition) is 1. The highest BCUT2D eigenvalue weighted by Gasteiger charge is 2.30. The zero-order valence-electron chi connectivity index (χ0n) is 7.85. The van der Waals surface area contributed by atoms with E-state index in [1.54, 1.807) is 13.8 Å². The van der Waals surface area contributed by atoms with Crippen LogP contribution < -0.4 is 4.74 Å². The Labute approximate surface area is 80.5 Å². The number of halogens is 3. The van der Waals surface area contributed by atoms with E-state index in [9.17, 15) is 13.2 Å². The van der Waals surface area contributed by atoms with Crippen LogP contribution >= 0.6 is 0 Å². The predicted molar refractivity (Wildman–Crippen MR) is 46.0 cm³/mol. The smallest absolute Gasteiger partial charge is 0.416 e. The first-order valence-corrected chi connectivity index (χ1v) is 4.15. The second kappa shape index (κ2) is 3.90. The molecule has 14 heavy (non-hydrogen) atoms. The van der Waals surface area contributed by atoms with E-state index in [1.165, 1.54) is 6.07 Å². The van der Waals surface area contributed by atoms with Crippen molar-refractivity contribution in [1.29, 1.82) is 0 Å². The van der Waals surface area contributed by atoms with E-state index in [2.05, 4.69) is 6.07 Å². The standard InChI is InChI=1S/C10H10F3O/c1-7(2)14-9-5-3-8(4-6-9)10(11,12)13/h3-5,7H,1-2H3. The molecule has 0 aromatic heterocycles. The van der Waals surface area contributed by atoms with Crippen molar-refractivity contribution in [3.05, 3.63) is 29.8 Å². The summed E-state index contributed by atoms with van der Waals surface area (Å²) >= 11 is 0. The normalized spacial score (nSPS) is 11.9. The first-order chi connectivity index (χ1) is 6.39. The van der Waals surface area contributed by atoms with Crippen LogP contribution in [0.3, 0.4) is 0 Å². The average Bonchev–Trinajstić information content (AvgIpc) is 2.02. The van der Waals surface area contributed by atoms with Crippen molar-refractivity contribution < 1.29 is 17.9 Å². The van der Waals surface area contributed by atoms with Gasteiger partial charge in [0.05, 0.1) is 11.7 Å². The maximum Gasteiger partial charge on any atom is 0.416 e. The second-order valence-corrected chi connectivity index (χ2v) is 3.11. The number of rotatable bonds is 2. The van der Waals surface area contributed by atoms with E-state index >= 15 is 0 Å². The predicted octanol–water partition coefficient (Wildman–Crippen LogP) is 3.29. The Balaban J connectivity index is 2.79. The molecule has 1 rings (SSSR count). The highest BCUT2D eigenvalue weighted by molar-refractivity contribution is 5.27. The molecular formula is C10H10F3O. The Bertz CT molecular complexity index is 287. The SMILES string of the molecule is CC(C)Oc1[c]cc(C(F)(F)F)cc1. The van der Waals surface area contributed by atoms with E-state index in [0.29, 0.717) is 5.75 Å². The van der Waals surface area contributed by atoms with E-state index < -0.39 is 11.7 Å². The Hall–Kier alpha value is -1.19. The lowest BCUT2D eigenvalue weighted by molar-refractivity contribution is -0.137. The number of hydrogen-bond donors (Lipinski definition) is 0. The van der Waals surface area contributed by atoms with Gasteiger partial charge >= 0.3 is 6.18 Å². The van der Waals surface area contributed by atoms with Crippen molar-refractivity contribution in [3.8, 4) is 5.75 Å². The summed E-state index contributed by atoms with van der Waals surface area (Å²) in [5.74, 6) is 0.327. The highest BCUT2D eigenvalue weighted by atomic mass is 19.4. The third kappa shape index (κ3) is 2.94. The van der Waals surface area contributed by atoms with Gasteiger partial charge in [-0.2, -0.15) is 13.2 Å². The number of benzene rings is 1. The second-order valence-electron chi connectivity index (χ2n) is 3.11. The minimum Gasteiger partial charge on any atom is -0.490 e. The van der Waals surface area contributed by atoms with Crippen molar-refractivity contribution >= 4 is 0 Å². The number of ether oxygens (including phenoxy) is 1. The fourth-order valence-electron chi connectivity index (χ4n) is 0.914. The molecule has 0 saturated carbocycles. The van der Waals surface area contributed by atoms with Crippen molar-refractivity contribution in [2.45, 2.75) is 26.1 Å². The first-order valence-electron chi connectivity index (χ1n) is 4.15. The summed E-state index contributed by atoms with van der Waals surface area (Å²) in [7, 11) is 0. The molecule has 0 bridgehead atoms. The summed E-state index contributed by atoms with van der Waals surface area (Å²) in [5.41, 5.74) is -0.714. The molecule has 0 unspecified atom stereocenters. The van der Waals surface area contributed by atoms with Crippen LogP contribution in [0.5, 0.6) is 5.75 Å². The fraction of sp³-hybridized carbons (Fsp3) is 0.400. The van der Waals surface area contributed by atoms with Gasteiger partial charge in [0.25, 0.3) is 0 Å². The molecular weight excluding hydrogens is 193 g/mol. The molecule has 0 saturated heterocycles. The lowest BCUT2D eigenvalue weighted by Gasteiger charge is -2.10. The first kappa shape index (κ1) is 10.9. The molecule has 0 fully saturated rings. The van der Waals surface area contributed by atoms with Crippen LogP contribution in [0.1, 0.15) is 19.4 Å². The number of alkyl halides is 3. The Morgan fingerprint density at radius 3 is 2.29 bits per heavy atom. The molecule has 0 aliphatic carbocycles. The highest BCUT2D eigenvalue weighted by Crippen LogP contribution is 2.30. The molecule has 1 radical (unpaired) electrons. The molecule has 0 atom stereocenters. The molecule has 0 amide bonds. The largest absolute Gasteiger partial charge is 0.490 e. The van der Waals surface area contributed by atoms with Gasteiger partial charge in [-0.05, 0) is 32.0 Å². The molecule has 1 aromatic carbocycles. The molecule has 0 spiro atoms. The van der Waals surface area contributed by atoms with Gasteiger partial charge < -0.3 is 4.74 Å². The van der Waals surface area contributed by atoms with Crippen LogP contribution in [0.15, 0.2) is 18.2 Å². The summed E-state index contributed by atoms with van der Waals surface area (Å²) in [5, 5.41) is 0. The van der Waals surface area contributed by atoms with Gasteiger partial charge in [-0.15, -0.1) is 0 Å². The van der Waals surface area contributed by atoms with E-state index in [0.717, 1.165) is 12.1 Å². The van der Waals surface area contributed by atoms with Crippen LogP contribution in [-0.2, 0) is 6.18 Å². The summed E-state index contributed by atoms with van der Waals surface area (Å²) < 4.78 is 41.5. The molecule has 0 heterocycles. The van der Waals surface area contributed by atoms with Crippen molar-refractivity contribution in [2.75, 3.05) is 0 Å². The quantitative estimate of drug-likeness (QED) is 0.716. The van der Waals surface area contributed by atoms with Crippen molar-refractivity contribution in [3.63, 3.8) is 0 Å². The summed E-state index contributed by atoms with van der Waals surface area (Å²) in [6.07, 6.45) is -4.38. The third-order valence-corrected chi connectivity index (χ3v) is 1.47. The molecule has 77 valence electrons. The van der Waals surface area contributed by atoms with Crippen LogP contribution in [-0.4, -0.2) is 6.10 Å². The van der Waals surface area contributed by atoms with Crippen molar-refractivity contribution in [1.82, 2.24) is 0 Å². The van der Waals surface area contributed by atoms with Gasteiger partial charge in [-0.3, -0.25) is 0 Å². The Morgan fingerprint density at radius 2 is 1.93 bits per heavy atom.